The van der Waals surface area contributed by atoms with Gasteiger partial charge in [0, 0.05) is 48.6 Å². The van der Waals surface area contributed by atoms with E-state index >= 15 is 0 Å². The Morgan fingerprint density at radius 2 is 2.03 bits per heavy atom. The summed E-state index contributed by atoms with van der Waals surface area (Å²) in [5.74, 6) is -0.422. The Bertz CT molecular complexity index is 1020. The van der Waals surface area contributed by atoms with Crippen molar-refractivity contribution in [2.24, 2.45) is 0 Å². The van der Waals surface area contributed by atoms with Crippen molar-refractivity contribution < 1.29 is 19.0 Å². The van der Waals surface area contributed by atoms with Gasteiger partial charge >= 0.3 is 5.97 Å². The first-order valence-corrected chi connectivity index (χ1v) is 9.99. The average Bonchev–Trinajstić information content (AvgIpc) is 3.08. The second kappa shape index (κ2) is 8.49. The summed E-state index contributed by atoms with van der Waals surface area (Å²) in [4.78, 5) is 22.9. The van der Waals surface area contributed by atoms with E-state index in [1.54, 1.807) is 13.3 Å². The third-order valence-electron chi connectivity index (χ3n) is 5.17. The molecule has 1 aliphatic rings. The molecule has 1 saturated heterocycles. The van der Waals surface area contributed by atoms with Gasteiger partial charge in [0.15, 0.2) is 5.69 Å². The van der Waals surface area contributed by atoms with Crippen LogP contribution in [0.4, 0.5) is 0 Å². The van der Waals surface area contributed by atoms with Crippen molar-refractivity contribution in [3.05, 3.63) is 41.2 Å². The summed E-state index contributed by atoms with van der Waals surface area (Å²) in [7, 11) is 1.62. The number of esters is 1. The van der Waals surface area contributed by atoms with E-state index in [4.69, 9.17) is 14.2 Å². The van der Waals surface area contributed by atoms with Gasteiger partial charge in [0.05, 0.1) is 37.6 Å². The van der Waals surface area contributed by atoms with E-state index in [-0.39, 0.29) is 12.7 Å². The number of nitrogens with one attached hydrogen (secondary N) is 1. The van der Waals surface area contributed by atoms with Crippen LogP contribution in [0.2, 0.25) is 0 Å². The molecule has 0 radical (unpaired) electrons. The molecule has 3 aromatic rings. The lowest BCUT2D eigenvalue weighted by Crippen LogP contribution is -2.35. The molecule has 3 heterocycles. The van der Waals surface area contributed by atoms with Crippen LogP contribution < -0.4 is 0 Å². The average molecular weight is 397 g/mol. The summed E-state index contributed by atoms with van der Waals surface area (Å²) in [6, 6.07) is 6.26. The molecule has 2 aromatic heterocycles. The van der Waals surface area contributed by atoms with Gasteiger partial charge in [-0.15, -0.1) is 0 Å². The van der Waals surface area contributed by atoms with E-state index in [9.17, 15) is 4.79 Å². The van der Waals surface area contributed by atoms with Gasteiger partial charge in [0.2, 0.25) is 0 Å². The summed E-state index contributed by atoms with van der Waals surface area (Å²) in [5.41, 5.74) is 4.20. The lowest BCUT2D eigenvalue weighted by Gasteiger charge is -2.27. The number of benzene rings is 1. The largest absolute Gasteiger partial charge is 0.458 e. The Balaban J connectivity index is 1.87. The van der Waals surface area contributed by atoms with Gasteiger partial charge in [-0.25, -0.2) is 9.78 Å². The van der Waals surface area contributed by atoms with E-state index < -0.39 is 5.97 Å². The summed E-state index contributed by atoms with van der Waals surface area (Å²) in [6.45, 7) is 8.12. The van der Waals surface area contributed by atoms with Gasteiger partial charge in [-0.1, -0.05) is 12.1 Å². The fourth-order valence-corrected chi connectivity index (χ4v) is 3.94. The third kappa shape index (κ3) is 3.99. The van der Waals surface area contributed by atoms with E-state index in [1.165, 1.54) is 5.56 Å². The van der Waals surface area contributed by atoms with Crippen LogP contribution in [-0.2, 0) is 27.4 Å². The van der Waals surface area contributed by atoms with E-state index in [0.29, 0.717) is 5.69 Å². The standard InChI is InChI=1S/C22H27N3O4/c1-14(2)29-22(26)21-16(13-27-3)20-18(11-23-21)24-17-6-4-5-15(19(17)20)12-25-7-9-28-10-8-25/h4-6,11,14,24H,7-10,12-13H2,1-3H3. The van der Waals surface area contributed by atoms with Gasteiger partial charge in [-0.3, -0.25) is 4.90 Å². The van der Waals surface area contributed by atoms with Gasteiger partial charge < -0.3 is 19.2 Å². The number of hydrogen-bond acceptors (Lipinski definition) is 6. The maximum Gasteiger partial charge on any atom is 0.357 e. The van der Waals surface area contributed by atoms with Crippen LogP contribution in [0.15, 0.2) is 24.4 Å². The smallest absolute Gasteiger partial charge is 0.357 e. The molecular formula is C22H27N3O4. The molecule has 1 N–H and O–H groups in total. The predicted octanol–water partition coefficient (Wildman–Crippen LogP) is 3.26. The molecule has 0 bridgehead atoms. The lowest BCUT2D eigenvalue weighted by molar-refractivity contribution is 0.0343. The van der Waals surface area contributed by atoms with Crippen molar-refractivity contribution in [2.75, 3.05) is 33.4 Å². The van der Waals surface area contributed by atoms with E-state index in [0.717, 1.165) is 60.2 Å². The zero-order chi connectivity index (χ0) is 20.4. The minimum absolute atomic E-state index is 0.213. The molecule has 7 nitrogen and oxygen atoms in total. The molecule has 0 unspecified atom stereocenters. The van der Waals surface area contributed by atoms with Crippen LogP contribution in [0, 0.1) is 0 Å². The minimum atomic E-state index is -0.422. The van der Waals surface area contributed by atoms with Gasteiger partial charge in [-0.05, 0) is 25.5 Å². The number of ether oxygens (including phenoxy) is 3. The van der Waals surface area contributed by atoms with Crippen LogP contribution in [0.5, 0.6) is 0 Å². The molecule has 0 amide bonds. The van der Waals surface area contributed by atoms with Gasteiger partial charge in [-0.2, -0.15) is 0 Å². The normalized spacial score (nSPS) is 15.4. The monoisotopic (exact) mass is 397 g/mol. The Kier molecular flexibility index (Phi) is 5.80. The molecule has 1 fully saturated rings. The molecule has 1 aromatic carbocycles. The quantitative estimate of drug-likeness (QED) is 0.644. The maximum absolute atomic E-state index is 12.7. The van der Waals surface area contributed by atoms with Crippen LogP contribution in [0.25, 0.3) is 21.8 Å². The third-order valence-corrected chi connectivity index (χ3v) is 5.17. The number of H-pyrrole nitrogens is 1. The van der Waals surface area contributed by atoms with Crippen molar-refractivity contribution in [3.63, 3.8) is 0 Å². The number of fused-ring (bicyclic) bond motifs is 3. The Morgan fingerprint density at radius 3 is 2.76 bits per heavy atom. The molecular weight excluding hydrogens is 370 g/mol. The molecule has 7 heteroatoms. The summed E-state index contributed by atoms with van der Waals surface area (Å²) < 4.78 is 16.4. The van der Waals surface area contributed by atoms with Crippen molar-refractivity contribution in [1.29, 1.82) is 0 Å². The zero-order valence-electron chi connectivity index (χ0n) is 17.2. The second-order valence-corrected chi connectivity index (χ2v) is 7.61. The van der Waals surface area contributed by atoms with Crippen LogP contribution in [-0.4, -0.2) is 60.4 Å². The molecule has 154 valence electrons. The van der Waals surface area contributed by atoms with E-state index in [2.05, 4.69) is 33.1 Å². The van der Waals surface area contributed by atoms with E-state index in [1.807, 2.05) is 13.8 Å². The van der Waals surface area contributed by atoms with Crippen LogP contribution >= 0.6 is 0 Å². The number of carbonyl (C=O) groups excluding carboxylic acids is 1. The number of aromatic amines is 1. The lowest BCUT2D eigenvalue weighted by atomic mass is 10.0. The second-order valence-electron chi connectivity index (χ2n) is 7.61. The molecule has 0 aliphatic carbocycles. The topological polar surface area (TPSA) is 76.7 Å². The highest BCUT2D eigenvalue weighted by Gasteiger charge is 2.23. The van der Waals surface area contributed by atoms with Crippen molar-refractivity contribution >= 4 is 27.8 Å². The Morgan fingerprint density at radius 1 is 1.24 bits per heavy atom. The number of nitrogens with zero attached hydrogens (tertiary/aromatic N) is 2. The fourth-order valence-electron chi connectivity index (χ4n) is 3.94. The zero-order valence-corrected chi connectivity index (χ0v) is 17.2. The number of methoxy groups -OCH3 is 1. The van der Waals surface area contributed by atoms with Crippen LogP contribution in [0.3, 0.4) is 0 Å². The molecule has 0 saturated carbocycles. The van der Waals surface area contributed by atoms with Gasteiger partial charge in [0.1, 0.15) is 0 Å². The first-order chi connectivity index (χ1) is 14.1. The first-order valence-electron chi connectivity index (χ1n) is 9.99. The Hall–Kier alpha value is -2.48. The summed E-state index contributed by atoms with van der Waals surface area (Å²) in [6.07, 6.45) is 1.50. The number of hydrogen-bond donors (Lipinski definition) is 1. The predicted molar refractivity (Wildman–Crippen MR) is 111 cm³/mol. The number of morpholine rings is 1. The number of carbonyl (C=O) groups is 1. The minimum Gasteiger partial charge on any atom is -0.458 e. The Labute approximate surface area is 169 Å². The van der Waals surface area contributed by atoms with Crippen molar-refractivity contribution in [1.82, 2.24) is 14.9 Å². The number of rotatable bonds is 6. The first kappa shape index (κ1) is 19.8. The van der Waals surface area contributed by atoms with Crippen molar-refractivity contribution in [3.8, 4) is 0 Å². The molecule has 0 atom stereocenters. The number of pyridine rings is 1. The number of aromatic nitrogens is 2. The molecule has 0 spiro atoms. The summed E-state index contributed by atoms with van der Waals surface area (Å²) in [5, 5.41) is 2.10. The highest BCUT2D eigenvalue weighted by molar-refractivity contribution is 6.12. The fraction of sp³-hybridized carbons (Fsp3) is 0.455. The highest BCUT2D eigenvalue weighted by Crippen LogP contribution is 2.33. The summed E-state index contributed by atoms with van der Waals surface area (Å²) >= 11 is 0. The van der Waals surface area contributed by atoms with Gasteiger partial charge in [0.25, 0.3) is 0 Å². The molecule has 29 heavy (non-hydrogen) atoms. The maximum atomic E-state index is 12.7. The molecule has 1 aliphatic heterocycles. The molecule has 4 rings (SSSR count). The van der Waals surface area contributed by atoms with Crippen molar-refractivity contribution in [2.45, 2.75) is 33.1 Å². The SMILES string of the molecule is COCc1c(C(=O)OC(C)C)ncc2[nH]c3cccc(CN4CCOCC4)c3c12. The highest BCUT2D eigenvalue weighted by atomic mass is 16.5. The van der Waals surface area contributed by atoms with Crippen LogP contribution in [0.1, 0.15) is 35.5 Å².